The molecule has 138 valence electrons. The lowest BCUT2D eigenvalue weighted by molar-refractivity contribution is 0.596. The zero-order valence-electron chi connectivity index (χ0n) is 13.7. The number of halogens is 1. The van der Waals surface area contributed by atoms with Crippen molar-refractivity contribution in [2.45, 2.75) is 9.79 Å². The molecule has 0 saturated heterocycles. The van der Waals surface area contributed by atoms with Gasteiger partial charge in [-0.25, -0.2) is 0 Å². The number of hydrogen-bond acceptors (Lipinski definition) is 4. The Morgan fingerprint density at radius 2 is 1.15 bits per heavy atom. The quantitative estimate of drug-likeness (QED) is 0.709. The fourth-order valence-electron chi connectivity index (χ4n) is 2.19. The van der Waals surface area contributed by atoms with Crippen LogP contribution in [0.25, 0.3) is 0 Å². The molecule has 1 aliphatic rings. The zero-order chi connectivity index (χ0) is 19.5. The molecule has 6 nitrogen and oxygen atoms in total. The van der Waals surface area contributed by atoms with Gasteiger partial charge in [0.05, 0.1) is 26.2 Å². The molecule has 1 aliphatic carbocycles. The smallest absolute Gasteiger partial charge is 0.199 e. The SMILES string of the molecule is O=S(=O)(/N=C1C=C/C(=N/S(=O)(=O)c2ccccc2)C(Cl)=C/1)c1ccccc1. The maximum absolute atomic E-state index is 12.3. The van der Waals surface area contributed by atoms with E-state index in [1.807, 2.05) is 0 Å². The van der Waals surface area contributed by atoms with Gasteiger partial charge in [-0.1, -0.05) is 48.0 Å². The molecule has 3 rings (SSSR count). The Morgan fingerprint density at radius 3 is 1.63 bits per heavy atom. The van der Waals surface area contributed by atoms with Gasteiger partial charge in [0, 0.05) is 0 Å². The first-order valence-corrected chi connectivity index (χ1v) is 10.9. The molecule has 2 aromatic rings. The Balaban J connectivity index is 1.92. The summed E-state index contributed by atoms with van der Waals surface area (Å²) in [5.74, 6) is 0. The number of rotatable bonds is 4. The molecule has 0 spiro atoms. The van der Waals surface area contributed by atoms with Crippen LogP contribution in [0.4, 0.5) is 0 Å². The Labute approximate surface area is 162 Å². The van der Waals surface area contributed by atoms with E-state index in [1.165, 1.54) is 42.5 Å². The van der Waals surface area contributed by atoms with E-state index in [1.54, 1.807) is 36.4 Å². The van der Waals surface area contributed by atoms with Crippen molar-refractivity contribution in [3.63, 3.8) is 0 Å². The Hall–Kier alpha value is -2.55. The summed E-state index contributed by atoms with van der Waals surface area (Å²) in [5, 5.41) is -0.0287. The van der Waals surface area contributed by atoms with Crippen molar-refractivity contribution >= 4 is 43.1 Å². The number of sulfonamides is 2. The standard InChI is InChI=1S/C18H13ClN2O4S2/c19-17-13-14(20-26(22,23)15-7-3-1-4-8-15)11-12-18(17)21-27(24,25)16-9-5-2-6-10-16/h1-13H/b20-14-,21-18-. The van der Waals surface area contributed by atoms with Gasteiger partial charge in [-0.3, -0.25) is 0 Å². The average Bonchev–Trinajstić information content (AvgIpc) is 2.65. The largest absolute Gasteiger partial charge is 0.282 e. The van der Waals surface area contributed by atoms with E-state index >= 15 is 0 Å². The van der Waals surface area contributed by atoms with Crippen molar-refractivity contribution in [2.24, 2.45) is 8.80 Å². The monoisotopic (exact) mass is 420 g/mol. The van der Waals surface area contributed by atoms with Gasteiger partial charge in [0.15, 0.2) is 0 Å². The van der Waals surface area contributed by atoms with Gasteiger partial charge in [-0.05, 0) is 42.5 Å². The lowest BCUT2D eigenvalue weighted by Crippen LogP contribution is -2.10. The van der Waals surface area contributed by atoms with Gasteiger partial charge < -0.3 is 0 Å². The molecule has 0 bridgehead atoms. The van der Waals surface area contributed by atoms with Crippen LogP contribution in [0.1, 0.15) is 0 Å². The lowest BCUT2D eigenvalue weighted by Gasteiger charge is -2.07. The highest BCUT2D eigenvalue weighted by Gasteiger charge is 2.18. The minimum atomic E-state index is -3.94. The Kier molecular flexibility index (Phi) is 5.41. The molecule has 0 atom stereocenters. The highest BCUT2D eigenvalue weighted by atomic mass is 35.5. The van der Waals surface area contributed by atoms with Crippen LogP contribution in [0, 0.1) is 0 Å². The molecule has 0 radical (unpaired) electrons. The second kappa shape index (κ2) is 7.59. The third kappa shape index (κ3) is 4.60. The first kappa shape index (κ1) is 19.2. The topological polar surface area (TPSA) is 93.0 Å². The number of nitrogens with zero attached hydrogens (tertiary/aromatic N) is 2. The van der Waals surface area contributed by atoms with Crippen LogP contribution < -0.4 is 0 Å². The molecule has 0 saturated carbocycles. The molecule has 0 unspecified atom stereocenters. The molecule has 27 heavy (non-hydrogen) atoms. The molecule has 0 aromatic heterocycles. The van der Waals surface area contributed by atoms with E-state index in [2.05, 4.69) is 8.80 Å². The summed E-state index contributed by atoms with van der Waals surface area (Å²) in [7, 11) is -7.84. The zero-order valence-corrected chi connectivity index (χ0v) is 16.1. The van der Waals surface area contributed by atoms with Gasteiger partial charge in [0.2, 0.25) is 0 Å². The molecular formula is C18H13ClN2O4S2. The van der Waals surface area contributed by atoms with Gasteiger partial charge >= 0.3 is 0 Å². The minimum Gasteiger partial charge on any atom is -0.199 e. The van der Waals surface area contributed by atoms with Crippen molar-refractivity contribution < 1.29 is 16.8 Å². The highest BCUT2D eigenvalue weighted by molar-refractivity contribution is 7.90. The predicted molar refractivity (Wildman–Crippen MR) is 105 cm³/mol. The first-order valence-electron chi connectivity index (χ1n) is 7.64. The molecule has 0 heterocycles. The van der Waals surface area contributed by atoms with Crippen LogP contribution in [-0.4, -0.2) is 28.3 Å². The summed E-state index contributed by atoms with van der Waals surface area (Å²) < 4.78 is 56.6. The summed E-state index contributed by atoms with van der Waals surface area (Å²) in [5.41, 5.74) is 0.0662. The molecule has 0 amide bonds. The van der Waals surface area contributed by atoms with Crippen LogP contribution in [0.15, 0.2) is 103 Å². The summed E-state index contributed by atoms with van der Waals surface area (Å²) in [4.78, 5) is 0.0722. The summed E-state index contributed by atoms with van der Waals surface area (Å²) in [6.45, 7) is 0. The molecule has 0 aliphatic heterocycles. The third-order valence-corrected chi connectivity index (χ3v) is 6.38. The molecule has 0 N–H and O–H groups in total. The summed E-state index contributed by atoms with van der Waals surface area (Å²) in [6.07, 6.45) is 3.90. The van der Waals surface area contributed by atoms with Crippen molar-refractivity contribution in [3.8, 4) is 0 Å². The number of benzene rings is 2. The second-order valence-electron chi connectivity index (χ2n) is 5.39. The van der Waals surface area contributed by atoms with Crippen LogP contribution in [0.2, 0.25) is 0 Å². The van der Waals surface area contributed by atoms with Crippen molar-refractivity contribution in [1.29, 1.82) is 0 Å². The Bertz CT molecular complexity index is 1180. The van der Waals surface area contributed by atoms with Crippen LogP contribution in [0.3, 0.4) is 0 Å². The average molecular weight is 421 g/mol. The fourth-order valence-corrected chi connectivity index (χ4v) is 4.47. The maximum Gasteiger partial charge on any atom is 0.282 e. The van der Waals surface area contributed by atoms with Crippen molar-refractivity contribution in [2.75, 3.05) is 0 Å². The van der Waals surface area contributed by atoms with Crippen LogP contribution >= 0.6 is 11.6 Å². The normalized spacial score (nSPS) is 17.9. The lowest BCUT2D eigenvalue weighted by atomic mass is 10.1. The highest BCUT2D eigenvalue weighted by Crippen LogP contribution is 2.19. The Morgan fingerprint density at radius 1 is 0.667 bits per heavy atom. The van der Waals surface area contributed by atoms with Crippen LogP contribution in [-0.2, 0) is 20.0 Å². The van der Waals surface area contributed by atoms with E-state index in [0.29, 0.717) is 0 Å². The molecule has 0 fully saturated rings. The minimum absolute atomic E-state index is 0.00317. The van der Waals surface area contributed by atoms with Gasteiger partial charge in [0.25, 0.3) is 20.0 Å². The first-order chi connectivity index (χ1) is 12.8. The van der Waals surface area contributed by atoms with E-state index in [-0.39, 0.29) is 26.2 Å². The van der Waals surface area contributed by atoms with E-state index < -0.39 is 20.0 Å². The number of hydrogen-bond donors (Lipinski definition) is 0. The van der Waals surface area contributed by atoms with E-state index in [4.69, 9.17) is 11.6 Å². The molecule has 9 heteroatoms. The summed E-state index contributed by atoms with van der Waals surface area (Å²) in [6, 6.07) is 15.4. The van der Waals surface area contributed by atoms with Gasteiger partial charge in [-0.2, -0.15) is 25.6 Å². The second-order valence-corrected chi connectivity index (χ2v) is 9.01. The molecular weight excluding hydrogens is 408 g/mol. The van der Waals surface area contributed by atoms with Gasteiger partial charge in [0.1, 0.15) is 0 Å². The molecule has 2 aromatic carbocycles. The third-order valence-electron chi connectivity index (χ3n) is 3.46. The van der Waals surface area contributed by atoms with Crippen molar-refractivity contribution in [3.05, 3.63) is 83.9 Å². The van der Waals surface area contributed by atoms with E-state index in [0.717, 1.165) is 0 Å². The predicted octanol–water partition coefficient (Wildman–Crippen LogP) is 3.34. The van der Waals surface area contributed by atoms with Crippen LogP contribution in [0.5, 0.6) is 0 Å². The number of allylic oxidation sites excluding steroid dienone is 4. The van der Waals surface area contributed by atoms with Gasteiger partial charge in [-0.15, -0.1) is 0 Å². The van der Waals surface area contributed by atoms with Crippen molar-refractivity contribution in [1.82, 2.24) is 0 Å². The maximum atomic E-state index is 12.3. The van der Waals surface area contributed by atoms with E-state index in [9.17, 15) is 16.8 Å². The fraction of sp³-hybridized carbons (Fsp3) is 0. The summed E-state index contributed by atoms with van der Waals surface area (Å²) >= 11 is 6.08.